The zero-order valence-corrected chi connectivity index (χ0v) is 16.4. The summed E-state index contributed by atoms with van der Waals surface area (Å²) in [4.78, 5) is 14.9. The summed E-state index contributed by atoms with van der Waals surface area (Å²) in [6.07, 6.45) is 8.74. The van der Waals surface area contributed by atoms with Crippen LogP contribution >= 0.6 is 11.3 Å². The minimum absolute atomic E-state index is 0.543. The lowest BCUT2D eigenvalue weighted by Crippen LogP contribution is -2.46. The molecule has 2 aliphatic carbocycles. The van der Waals surface area contributed by atoms with Crippen molar-refractivity contribution < 1.29 is 4.74 Å². The highest BCUT2D eigenvalue weighted by molar-refractivity contribution is 7.19. The van der Waals surface area contributed by atoms with Crippen molar-refractivity contribution in [3.8, 4) is 0 Å². The molecule has 0 radical (unpaired) electrons. The van der Waals surface area contributed by atoms with Crippen LogP contribution in [0.2, 0.25) is 0 Å². The normalized spacial score (nSPS) is 27.0. The Labute approximate surface area is 159 Å². The first kappa shape index (κ1) is 16.9. The Morgan fingerprint density at radius 1 is 1.08 bits per heavy atom. The van der Waals surface area contributed by atoms with Crippen molar-refractivity contribution in [2.45, 2.75) is 64.0 Å². The maximum atomic E-state index is 5.50. The molecule has 3 aliphatic rings. The summed E-state index contributed by atoms with van der Waals surface area (Å²) < 4.78 is 5.50. The van der Waals surface area contributed by atoms with Gasteiger partial charge >= 0.3 is 0 Å². The molecule has 0 amide bonds. The van der Waals surface area contributed by atoms with Crippen molar-refractivity contribution in [2.75, 3.05) is 31.6 Å². The van der Waals surface area contributed by atoms with Crippen LogP contribution < -0.4 is 5.32 Å². The van der Waals surface area contributed by atoms with Crippen molar-refractivity contribution in [3.05, 3.63) is 16.3 Å². The van der Waals surface area contributed by atoms with Crippen LogP contribution in [-0.4, -0.2) is 53.3 Å². The van der Waals surface area contributed by atoms with Crippen LogP contribution in [0.1, 0.15) is 48.4 Å². The number of hydrogen-bond donors (Lipinski definition) is 1. The average Bonchev–Trinajstić information content (AvgIpc) is 3.23. The molecule has 2 aromatic heterocycles. The van der Waals surface area contributed by atoms with Crippen LogP contribution in [0, 0.1) is 6.92 Å². The third kappa shape index (κ3) is 3.12. The molecule has 1 saturated heterocycles. The highest BCUT2D eigenvalue weighted by atomic mass is 32.1. The molecule has 0 bridgehead atoms. The maximum Gasteiger partial charge on any atom is 0.139 e. The molecular formula is C20H28N4OS. The van der Waals surface area contributed by atoms with Crippen LogP contribution in [0.25, 0.3) is 10.2 Å². The van der Waals surface area contributed by atoms with Crippen LogP contribution in [0.4, 0.5) is 5.82 Å². The van der Waals surface area contributed by atoms with E-state index in [1.807, 2.05) is 18.3 Å². The number of aryl methyl sites for hydroxylation is 3. The largest absolute Gasteiger partial charge is 0.379 e. The summed E-state index contributed by atoms with van der Waals surface area (Å²) in [5.74, 6) is 1.99. The molecule has 6 heteroatoms. The molecule has 2 fully saturated rings. The fraction of sp³-hybridized carbons (Fsp3) is 0.700. The lowest BCUT2D eigenvalue weighted by molar-refractivity contribution is 0.00791. The van der Waals surface area contributed by atoms with Gasteiger partial charge in [-0.3, -0.25) is 4.90 Å². The Morgan fingerprint density at radius 3 is 2.69 bits per heavy atom. The monoisotopic (exact) mass is 372 g/mol. The molecule has 5 nitrogen and oxygen atoms in total. The summed E-state index contributed by atoms with van der Waals surface area (Å²) in [6.45, 7) is 6.04. The number of morpholine rings is 1. The van der Waals surface area contributed by atoms with Crippen molar-refractivity contribution in [1.29, 1.82) is 0 Å². The van der Waals surface area contributed by atoms with E-state index in [4.69, 9.17) is 14.7 Å². The van der Waals surface area contributed by atoms with E-state index in [0.717, 1.165) is 44.0 Å². The Morgan fingerprint density at radius 2 is 1.88 bits per heavy atom. The van der Waals surface area contributed by atoms with E-state index in [1.165, 1.54) is 60.7 Å². The topological polar surface area (TPSA) is 50.3 Å². The second kappa shape index (κ2) is 7.06. The lowest BCUT2D eigenvalue weighted by atomic mass is 9.90. The highest BCUT2D eigenvalue weighted by Crippen LogP contribution is 2.40. The predicted molar refractivity (Wildman–Crippen MR) is 106 cm³/mol. The molecule has 1 aliphatic heterocycles. The molecule has 0 aromatic carbocycles. The summed E-state index contributed by atoms with van der Waals surface area (Å²) >= 11 is 1.89. The summed E-state index contributed by atoms with van der Waals surface area (Å²) in [7, 11) is 0. The molecule has 0 unspecified atom stereocenters. The van der Waals surface area contributed by atoms with Crippen LogP contribution in [-0.2, 0) is 17.6 Å². The first-order valence-corrected chi connectivity index (χ1v) is 11.0. The first-order chi connectivity index (χ1) is 12.8. The summed E-state index contributed by atoms with van der Waals surface area (Å²) in [6, 6.07) is 1.29. The Balaban J connectivity index is 1.31. The van der Waals surface area contributed by atoms with Gasteiger partial charge in [0, 0.05) is 30.1 Å². The van der Waals surface area contributed by atoms with E-state index in [-0.39, 0.29) is 0 Å². The second-order valence-electron chi connectivity index (χ2n) is 7.96. The molecule has 0 atom stereocenters. The van der Waals surface area contributed by atoms with E-state index >= 15 is 0 Å². The fourth-order valence-electron chi connectivity index (χ4n) is 4.93. The summed E-state index contributed by atoms with van der Waals surface area (Å²) in [5, 5.41) is 5.14. The Bertz CT molecular complexity index is 791. The fourth-order valence-corrected chi connectivity index (χ4v) is 6.24. The average molecular weight is 373 g/mol. The van der Waals surface area contributed by atoms with Gasteiger partial charge in [-0.2, -0.15) is 0 Å². The minimum Gasteiger partial charge on any atom is -0.379 e. The standard InChI is InChI=1S/C20H28N4OS/c1-13-21-19(18-16-3-2-4-17(16)26-20(18)22-13)23-14-5-7-15(8-6-14)24-9-11-25-12-10-24/h14-15H,2-12H2,1H3,(H,21,22,23). The van der Waals surface area contributed by atoms with Gasteiger partial charge < -0.3 is 10.1 Å². The molecule has 5 rings (SSSR count). The highest BCUT2D eigenvalue weighted by Gasteiger charge is 2.28. The zero-order valence-electron chi connectivity index (χ0n) is 15.6. The van der Waals surface area contributed by atoms with Crippen molar-refractivity contribution in [1.82, 2.24) is 14.9 Å². The first-order valence-electron chi connectivity index (χ1n) is 10.1. The van der Waals surface area contributed by atoms with E-state index in [1.54, 1.807) is 4.88 Å². The number of ether oxygens (including phenoxy) is 1. The second-order valence-corrected chi connectivity index (χ2v) is 9.04. The van der Waals surface area contributed by atoms with Gasteiger partial charge in [-0.1, -0.05) is 0 Å². The van der Waals surface area contributed by atoms with E-state index < -0.39 is 0 Å². The zero-order chi connectivity index (χ0) is 17.5. The van der Waals surface area contributed by atoms with Gasteiger partial charge in [-0.15, -0.1) is 11.3 Å². The maximum absolute atomic E-state index is 5.50. The molecule has 0 spiro atoms. The third-order valence-electron chi connectivity index (χ3n) is 6.28. The van der Waals surface area contributed by atoms with Gasteiger partial charge in [0.15, 0.2) is 0 Å². The summed E-state index contributed by atoms with van der Waals surface area (Å²) in [5.41, 5.74) is 1.52. The Hall–Kier alpha value is -1.24. The van der Waals surface area contributed by atoms with Crippen LogP contribution in [0.15, 0.2) is 0 Å². The van der Waals surface area contributed by atoms with Crippen molar-refractivity contribution in [3.63, 3.8) is 0 Å². The molecule has 1 N–H and O–H groups in total. The van der Waals surface area contributed by atoms with Crippen molar-refractivity contribution in [2.24, 2.45) is 0 Å². The molecule has 3 heterocycles. The van der Waals surface area contributed by atoms with Crippen LogP contribution in [0.5, 0.6) is 0 Å². The molecule has 26 heavy (non-hydrogen) atoms. The van der Waals surface area contributed by atoms with Gasteiger partial charge in [0.05, 0.1) is 18.6 Å². The number of hydrogen-bond acceptors (Lipinski definition) is 6. The number of anilines is 1. The van der Waals surface area contributed by atoms with Gasteiger partial charge in [-0.25, -0.2) is 9.97 Å². The lowest BCUT2D eigenvalue weighted by Gasteiger charge is -2.39. The van der Waals surface area contributed by atoms with E-state index in [9.17, 15) is 0 Å². The number of fused-ring (bicyclic) bond motifs is 3. The number of rotatable bonds is 3. The molecular weight excluding hydrogens is 344 g/mol. The number of thiophene rings is 1. The number of nitrogens with zero attached hydrogens (tertiary/aromatic N) is 3. The molecule has 2 aromatic rings. The number of aromatic nitrogens is 2. The quantitative estimate of drug-likeness (QED) is 0.893. The third-order valence-corrected chi connectivity index (χ3v) is 7.46. The van der Waals surface area contributed by atoms with Crippen molar-refractivity contribution >= 4 is 27.4 Å². The van der Waals surface area contributed by atoms with Gasteiger partial charge in [0.2, 0.25) is 0 Å². The van der Waals surface area contributed by atoms with E-state index in [2.05, 4.69) is 10.2 Å². The van der Waals surface area contributed by atoms with Gasteiger partial charge in [0.1, 0.15) is 16.5 Å². The minimum atomic E-state index is 0.543. The SMILES string of the molecule is Cc1nc(NC2CCC(N3CCOCC3)CC2)c2c3c(sc2n1)CCC3. The predicted octanol–water partition coefficient (Wildman–Crippen LogP) is 3.54. The number of nitrogens with one attached hydrogen (secondary N) is 1. The van der Waals surface area contributed by atoms with E-state index in [0.29, 0.717) is 6.04 Å². The van der Waals surface area contributed by atoms with Crippen LogP contribution in [0.3, 0.4) is 0 Å². The Kier molecular flexibility index (Phi) is 4.59. The van der Waals surface area contributed by atoms with Gasteiger partial charge in [0.25, 0.3) is 0 Å². The smallest absolute Gasteiger partial charge is 0.139 e. The van der Waals surface area contributed by atoms with Gasteiger partial charge in [-0.05, 0) is 57.4 Å². The molecule has 140 valence electrons. The molecule has 1 saturated carbocycles.